The Labute approximate surface area is 169 Å². The summed E-state index contributed by atoms with van der Waals surface area (Å²) in [6.45, 7) is 3.30. The smallest absolute Gasteiger partial charge is 0.321 e. The van der Waals surface area contributed by atoms with Gasteiger partial charge in [0.1, 0.15) is 25.5 Å². The van der Waals surface area contributed by atoms with E-state index < -0.39 is 32.6 Å². The molecule has 158 valence electrons. The van der Waals surface area contributed by atoms with E-state index in [1.54, 1.807) is 0 Å². The number of esters is 1. The summed E-state index contributed by atoms with van der Waals surface area (Å²) < 4.78 is 59.4. The van der Waals surface area contributed by atoms with Crippen LogP contribution in [-0.2, 0) is 29.6 Å². The van der Waals surface area contributed by atoms with Crippen molar-refractivity contribution in [3.63, 3.8) is 0 Å². The molecule has 0 aliphatic heterocycles. The van der Waals surface area contributed by atoms with Crippen molar-refractivity contribution in [2.75, 3.05) is 19.8 Å². The fourth-order valence-electron chi connectivity index (χ4n) is 2.42. The number of sulfonamides is 2. The van der Waals surface area contributed by atoms with Crippen molar-refractivity contribution >= 4 is 26.0 Å². The first-order valence-corrected chi connectivity index (χ1v) is 11.5. The number of hydrogen-bond acceptors (Lipinski definition) is 7. The van der Waals surface area contributed by atoms with Crippen molar-refractivity contribution in [3.8, 4) is 5.75 Å². The van der Waals surface area contributed by atoms with E-state index in [-0.39, 0.29) is 23.0 Å². The third-order valence-corrected chi connectivity index (χ3v) is 6.22. The maximum Gasteiger partial charge on any atom is 0.321 e. The number of benzene rings is 2. The van der Waals surface area contributed by atoms with Gasteiger partial charge in [0.05, 0.1) is 9.79 Å². The Balaban J connectivity index is 1.82. The number of para-hydroxylation sites is 1. The van der Waals surface area contributed by atoms with E-state index >= 15 is 0 Å². The van der Waals surface area contributed by atoms with Gasteiger partial charge in [-0.15, -0.1) is 0 Å². The number of carbonyl (C=O) groups is 1. The maximum absolute atomic E-state index is 12.2. The molecule has 0 unspecified atom stereocenters. The molecule has 0 fully saturated rings. The molecule has 0 saturated heterocycles. The molecular weight excluding hydrogens is 420 g/mol. The average Bonchev–Trinajstić information content (AvgIpc) is 2.65. The molecule has 0 saturated carbocycles. The third kappa shape index (κ3) is 6.53. The van der Waals surface area contributed by atoms with Crippen LogP contribution < -0.4 is 14.6 Å². The zero-order chi connectivity index (χ0) is 21.7. The van der Waals surface area contributed by atoms with E-state index in [0.29, 0.717) is 5.75 Å². The Kier molecular flexibility index (Phi) is 7.36. The van der Waals surface area contributed by atoms with Crippen LogP contribution in [0.1, 0.15) is 11.1 Å². The first-order chi connectivity index (χ1) is 13.5. The number of aryl methyl sites for hydroxylation is 2. The van der Waals surface area contributed by atoms with Crippen molar-refractivity contribution in [2.45, 2.75) is 23.6 Å². The molecule has 3 N–H and O–H groups in total. The van der Waals surface area contributed by atoms with E-state index in [1.165, 1.54) is 0 Å². The van der Waals surface area contributed by atoms with Crippen LogP contribution in [0, 0.1) is 13.8 Å². The Morgan fingerprint density at radius 3 is 2.03 bits per heavy atom. The van der Waals surface area contributed by atoms with Gasteiger partial charge in [-0.05, 0) is 49.2 Å². The number of nitrogens with two attached hydrogens (primary N) is 1. The highest BCUT2D eigenvalue weighted by molar-refractivity contribution is 7.89. The Morgan fingerprint density at radius 1 is 0.931 bits per heavy atom. The van der Waals surface area contributed by atoms with E-state index in [9.17, 15) is 21.6 Å². The summed E-state index contributed by atoms with van der Waals surface area (Å²) in [7, 11) is -7.95. The van der Waals surface area contributed by atoms with Crippen LogP contribution in [0.2, 0.25) is 0 Å². The summed E-state index contributed by atoms with van der Waals surface area (Å²) in [4.78, 5) is 11.3. The summed E-state index contributed by atoms with van der Waals surface area (Å²) in [6.07, 6.45) is 0. The van der Waals surface area contributed by atoms with Gasteiger partial charge in [0.25, 0.3) is 0 Å². The number of rotatable bonds is 9. The van der Waals surface area contributed by atoms with Gasteiger partial charge in [-0.1, -0.05) is 18.2 Å². The maximum atomic E-state index is 12.2. The molecule has 29 heavy (non-hydrogen) atoms. The zero-order valence-electron chi connectivity index (χ0n) is 15.9. The van der Waals surface area contributed by atoms with E-state index in [2.05, 4.69) is 4.72 Å². The van der Waals surface area contributed by atoms with Gasteiger partial charge in [0.2, 0.25) is 20.0 Å². The summed E-state index contributed by atoms with van der Waals surface area (Å²) in [6, 6.07) is 9.99. The molecule has 0 amide bonds. The largest absolute Gasteiger partial charge is 0.489 e. The highest BCUT2D eigenvalue weighted by atomic mass is 32.2. The molecule has 0 heterocycles. The molecule has 0 atom stereocenters. The normalized spacial score (nSPS) is 11.8. The SMILES string of the molecule is Cc1cccc(C)c1OCCOC(=O)CNS(=O)(=O)c1ccc(S(N)(=O)=O)cc1. The summed E-state index contributed by atoms with van der Waals surface area (Å²) in [5, 5.41) is 4.96. The second kappa shape index (κ2) is 9.35. The van der Waals surface area contributed by atoms with Gasteiger partial charge in [-0.25, -0.2) is 22.0 Å². The van der Waals surface area contributed by atoms with Crippen LogP contribution in [0.25, 0.3) is 0 Å². The van der Waals surface area contributed by atoms with Crippen molar-refractivity contribution < 1.29 is 31.1 Å². The topological polar surface area (TPSA) is 142 Å². The number of nitrogens with one attached hydrogen (secondary N) is 1. The lowest BCUT2D eigenvalue weighted by Crippen LogP contribution is -2.31. The predicted octanol–water partition coefficient (Wildman–Crippen LogP) is 0.851. The molecule has 0 bridgehead atoms. The average molecular weight is 443 g/mol. The molecule has 2 aromatic carbocycles. The quantitative estimate of drug-likeness (QED) is 0.433. The van der Waals surface area contributed by atoms with Crippen LogP contribution in [-0.4, -0.2) is 42.6 Å². The van der Waals surface area contributed by atoms with Crippen LogP contribution in [0.3, 0.4) is 0 Å². The van der Waals surface area contributed by atoms with E-state index in [0.717, 1.165) is 35.4 Å². The Hall–Kier alpha value is -2.47. The fourth-order valence-corrected chi connectivity index (χ4v) is 3.91. The lowest BCUT2D eigenvalue weighted by molar-refractivity contribution is -0.142. The van der Waals surface area contributed by atoms with Gasteiger partial charge < -0.3 is 9.47 Å². The monoisotopic (exact) mass is 442 g/mol. The molecule has 0 aromatic heterocycles. The van der Waals surface area contributed by atoms with Gasteiger partial charge in [-0.3, -0.25) is 4.79 Å². The van der Waals surface area contributed by atoms with Crippen LogP contribution in [0.4, 0.5) is 0 Å². The number of primary sulfonamides is 1. The minimum Gasteiger partial charge on any atom is -0.489 e. The Bertz CT molecular complexity index is 1060. The van der Waals surface area contributed by atoms with E-state index in [1.807, 2.05) is 32.0 Å². The van der Waals surface area contributed by atoms with E-state index in [4.69, 9.17) is 14.6 Å². The van der Waals surface area contributed by atoms with Gasteiger partial charge in [0.15, 0.2) is 0 Å². The highest BCUT2D eigenvalue weighted by Crippen LogP contribution is 2.22. The second-order valence-electron chi connectivity index (χ2n) is 6.13. The van der Waals surface area contributed by atoms with Gasteiger partial charge in [0, 0.05) is 0 Å². The van der Waals surface area contributed by atoms with Crippen LogP contribution in [0.15, 0.2) is 52.3 Å². The fraction of sp³-hybridized carbons (Fsp3) is 0.278. The molecule has 2 aromatic rings. The van der Waals surface area contributed by atoms with Crippen molar-refractivity contribution in [2.24, 2.45) is 5.14 Å². The third-order valence-electron chi connectivity index (χ3n) is 3.87. The molecule has 9 nitrogen and oxygen atoms in total. The van der Waals surface area contributed by atoms with Crippen LogP contribution >= 0.6 is 0 Å². The van der Waals surface area contributed by atoms with Crippen LogP contribution in [0.5, 0.6) is 5.75 Å². The lowest BCUT2D eigenvalue weighted by atomic mass is 10.1. The standard InChI is InChI=1S/C18H22N2O7S2/c1-13-4-3-5-14(2)18(13)27-11-10-26-17(21)12-20-29(24,25)16-8-6-15(7-9-16)28(19,22)23/h3-9,20H,10-12H2,1-2H3,(H2,19,22,23). The number of hydrogen-bond donors (Lipinski definition) is 2. The molecule has 0 aliphatic carbocycles. The minimum atomic E-state index is -4.02. The summed E-state index contributed by atoms with van der Waals surface area (Å²) in [5.41, 5.74) is 1.91. The number of carbonyl (C=O) groups excluding carboxylic acids is 1. The molecule has 2 rings (SSSR count). The van der Waals surface area contributed by atoms with Gasteiger partial charge >= 0.3 is 5.97 Å². The first-order valence-electron chi connectivity index (χ1n) is 8.48. The Morgan fingerprint density at radius 2 is 1.48 bits per heavy atom. The van der Waals surface area contributed by atoms with Crippen molar-refractivity contribution in [1.29, 1.82) is 0 Å². The number of ether oxygens (including phenoxy) is 2. The highest BCUT2D eigenvalue weighted by Gasteiger charge is 2.17. The van der Waals surface area contributed by atoms with Gasteiger partial charge in [-0.2, -0.15) is 4.72 Å². The summed E-state index contributed by atoms with van der Waals surface area (Å²) >= 11 is 0. The lowest BCUT2D eigenvalue weighted by Gasteiger charge is -2.12. The van der Waals surface area contributed by atoms with Crippen molar-refractivity contribution in [3.05, 3.63) is 53.6 Å². The molecule has 0 spiro atoms. The molecule has 0 radical (unpaired) electrons. The molecule has 11 heteroatoms. The predicted molar refractivity (Wildman–Crippen MR) is 105 cm³/mol. The summed E-state index contributed by atoms with van der Waals surface area (Å²) in [5.74, 6) is -0.0629. The zero-order valence-corrected chi connectivity index (χ0v) is 17.5. The molecular formula is C18H22N2O7S2. The van der Waals surface area contributed by atoms with Crippen molar-refractivity contribution in [1.82, 2.24) is 4.72 Å². The minimum absolute atomic E-state index is 0.0443. The molecule has 0 aliphatic rings. The second-order valence-corrected chi connectivity index (χ2v) is 9.46. The first kappa shape index (κ1) is 22.8.